The normalized spacial score (nSPS) is 16.3. The summed E-state index contributed by atoms with van der Waals surface area (Å²) in [5, 5.41) is 10.5. The Balaban J connectivity index is 1.46. The van der Waals surface area contributed by atoms with Crippen LogP contribution in [0.1, 0.15) is 36.0 Å². The number of amidine groups is 1. The lowest BCUT2D eigenvalue weighted by Crippen LogP contribution is -2.32. The summed E-state index contributed by atoms with van der Waals surface area (Å²) in [6.07, 6.45) is 0.802. The van der Waals surface area contributed by atoms with Gasteiger partial charge in [0.15, 0.2) is 0 Å². The molecule has 1 aliphatic rings. The number of hydrogen-bond donors (Lipinski definition) is 3. The number of ether oxygens (including phenoxy) is 1. The fraction of sp³-hybridized carbons (Fsp3) is 0.333. The summed E-state index contributed by atoms with van der Waals surface area (Å²) in [6, 6.07) is 15.8. The van der Waals surface area contributed by atoms with Gasteiger partial charge in [0.25, 0.3) is 0 Å². The van der Waals surface area contributed by atoms with Gasteiger partial charge < -0.3 is 15.8 Å². The average Bonchev–Trinajstić information content (AvgIpc) is 3.09. The molecule has 6 heteroatoms. The molecule has 2 aromatic rings. The van der Waals surface area contributed by atoms with Crippen LogP contribution in [0.4, 0.5) is 0 Å². The van der Waals surface area contributed by atoms with E-state index in [0.717, 1.165) is 23.5 Å². The van der Waals surface area contributed by atoms with Gasteiger partial charge in [0.1, 0.15) is 11.6 Å². The second-order valence-corrected chi connectivity index (χ2v) is 8.02. The molecule has 4 N–H and O–H groups in total. The summed E-state index contributed by atoms with van der Waals surface area (Å²) >= 11 is 1.64. The van der Waals surface area contributed by atoms with E-state index in [1.807, 2.05) is 37.3 Å². The maximum absolute atomic E-state index is 12.3. The molecule has 0 aromatic heterocycles. The van der Waals surface area contributed by atoms with Crippen LogP contribution >= 0.6 is 11.8 Å². The number of amides is 1. The Morgan fingerprint density at radius 1 is 1.33 bits per heavy atom. The van der Waals surface area contributed by atoms with Gasteiger partial charge in [-0.3, -0.25) is 10.2 Å². The van der Waals surface area contributed by atoms with Crippen molar-refractivity contribution in [2.75, 3.05) is 13.2 Å². The average molecular weight is 384 g/mol. The van der Waals surface area contributed by atoms with Crippen LogP contribution in [0.2, 0.25) is 0 Å². The zero-order chi connectivity index (χ0) is 19.2. The number of rotatable bonds is 8. The lowest BCUT2D eigenvalue weighted by atomic mass is 9.96. The van der Waals surface area contributed by atoms with E-state index in [0.29, 0.717) is 18.7 Å². The van der Waals surface area contributed by atoms with Crippen molar-refractivity contribution in [3.05, 3.63) is 65.2 Å². The van der Waals surface area contributed by atoms with Crippen molar-refractivity contribution in [1.29, 1.82) is 5.41 Å². The first-order chi connectivity index (χ1) is 13.0. The van der Waals surface area contributed by atoms with Crippen LogP contribution in [0.15, 0.2) is 48.5 Å². The molecule has 0 bridgehead atoms. The van der Waals surface area contributed by atoms with Crippen molar-refractivity contribution in [2.45, 2.75) is 30.3 Å². The van der Waals surface area contributed by atoms with E-state index in [4.69, 9.17) is 15.9 Å². The second kappa shape index (κ2) is 8.95. The molecule has 27 heavy (non-hydrogen) atoms. The van der Waals surface area contributed by atoms with Gasteiger partial charge >= 0.3 is 0 Å². The largest absolute Gasteiger partial charge is 0.493 e. The molecule has 5 nitrogen and oxygen atoms in total. The standard InChI is InChI=1S/C21H25N3O2S/c1-14(27-13-15-5-3-2-4-6-15)21(25)24-10-9-17-12-26-19-8-7-16(20(22)23)11-18(17)19/h2-8,11,14,17H,9-10,12-13H2,1H3,(H3,22,23)(H,24,25). The third-order valence-electron chi connectivity index (χ3n) is 4.70. The van der Waals surface area contributed by atoms with Crippen LogP contribution in [0.5, 0.6) is 5.75 Å². The quantitative estimate of drug-likeness (QED) is 0.482. The van der Waals surface area contributed by atoms with Gasteiger partial charge in [0.05, 0.1) is 11.9 Å². The molecular formula is C21H25N3O2S. The fourth-order valence-electron chi connectivity index (χ4n) is 3.07. The summed E-state index contributed by atoms with van der Waals surface area (Å²) in [6.45, 7) is 3.15. The van der Waals surface area contributed by atoms with Crippen LogP contribution < -0.4 is 15.8 Å². The molecule has 2 atom stereocenters. The van der Waals surface area contributed by atoms with Crippen LogP contribution in [0.25, 0.3) is 0 Å². The first kappa shape index (κ1) is 19.3. The molecule has 0 spiro atoms. The van der Waals surface area contributed by atoms with E-state index >= 15 is 0 Å². The van der Waals surface area contributed by atoms with Crippen molar-refractivity contribution in [3.8, 4) is 5.75 Å². The van der Waals surface area contributed by atoms with Crippen molar-refractivity contribution in [3.63, 3.8) is 0 Å². The SMILES string of the molecule is CC(SCc1ccccc1)C(=O)NCCC1COc2ccc(C(=N)N)cc21. The van der Waals surface area contributed by atoms with Gasteiger partial charge in [-0.2, -0.15) is 0 Å². The second-order valence-electron chi connectivity index (χ2n) is 6.69. The van der Waals surface area contributed by atoms with E-state index in [2.05, 4.69) is 17.4 Å². The number of benzene rings is 2. The smallest absolute Gasteiger partial charge is 0.232 e. The molecule has 0 saturated carbocycles. The van der Waals surface area contributed by atoms with Gasteiger partial charge in [-0.15, -0.1) is 11.8 Å². The van der Waals surface area contributed by atoms with Gasteiger partial charge in [-0.25, -0.2) is 0 Å². The van der Waals surface area contributed by atoms with E-state index in [1.165, 1.54) is 5.56 Å². The molecule has 2 aromatic carbocycles. The van der Waals surface area contributed by atoms with Crippen LogP contribution in [0, 0.1) is 5.41 Å². The minimum Gasteiger partial charge on any atom is -0.493 e. The summed E-state index contributed by atoms with van der Waals surface area (Å²) in [5.41, 5.74) is 8.59. The highest BCUT2D eigenvalue weighted by Crippen LogP contribution is 2.36. The molecule has 3 rings (SSSR count). The number of carbonyl (C=O) groups excluding carboxylic acids is 1. The Hall–Kier alpha value is -2.47. The molecule has 0 fully saturated rings. The van der Waals surface area contributed by atoms with Gasteiger partial charge in [0.2, 0.25) is 5.91 Å². The minimum atomic E-state index is -0.0957. The molecule has 0 saturated heterocycles. The number of thioether (sulfide) groups is 1. The number of fused-ring (bicyclic) bond motifs is 1. The molecule has 2 unspecified atom stereocenters. The molecule has 1 aliphatic heterocycles. The van der Waals surface area contributed by atoms with E-state index < -0.39 is 0 Å². The lowest BCUT2D eigenvalue weighted by Gasteiger charge is -2.14. The Bertz CT molecular complexity index is 810. The number of hydrogen-bond acceptors (Lipinski definition) is 4. The topological polar surface area (TPSA) is 88.2 Å². The maximum Gasteiger partial charge on any atom is 0.232 e. The third kappa shape index (κ3) is 5.04. The summed E-state index contributed by atoms with van der Waals surface area (Å²) < 4.78 is 5.71. The monoisotopic (exact) mass is 383 g/mol. The first-order valence-corrected chi connectivity index (χ1v) is 10.1. The Labute approximate surface area is 164 Å². The maximum atomic E-state index is 12.3. The molecule has 1 amide bonds. The summed E-state index contributed by atoms with van der Waals surface area (Å²) in [5.74, 6) is 2.01. The Kier molecular flexibility index (Phi) is 6.40. The first-order valence-electron chi connectivity index (χ1n) is 9.09. The van der Waals surface area contributed by atoms with Gasteiger partial charge in [-0.1, -0.05) is 30.3 Å². The van der Waals surface area contributed by atoms with Crippen molar-refractivity contribution < 1.29 is 9.53 Å². The number of nitrogens with two attached hydrogens (primary N) is 1. The molecule has 0 aliphatic carbocycles. The van der Waals surface area contributed by atoms with Crippen LogP contribution in [-0.2, 0) is 10.5 Å². The molecule has 1 heterocycles. The molecule has 0 radical (unpaired) electrons. The van der Waals surface area contributed by atoms with Crippen molar-refractivity contribution in [1.82, 2.24) is 5.32 Å². The highest BCUT2D eigenvalue weighted by atomic mass is 32.2. The van der Waals surface area contributed by atoms with E-state index in [-0.39, 0.29) is 22.9 Å². The van der Waals surface area contributed by atoms with Crippen LogP contribution in [-0.4, -0.2) is 30.1 Å². The van der Waals surface area contributed by atoms with Gasteiger partial charge in [0, 0.05) is 29.3 Å². The Morgan fingerprint density at radius 2 is 2.11 bits per heavy atom. The fourth-order valence-corrected chi connectivity index (χ4v) is 3.94. The lowest BCUT2D eigenvalue weighted by molar-refractivity contribution is -0.120. The van der Waals surface area contributed by atoms with E-state index in [9.17, 15) is 4.79 Å². The summed E-state index contributed by atoms with van der Waals surface area (Å²) in [7, 11) is 0. The van der Waals surface area contributed by atoms with E-state index in [1.54, 1.807) is 17.8 Å². The predicted molar refractivity (Wildman–Crippen MR) is 111 cm³/mol. The predicted octanol–water partition coefficient (Wildman–Crippen LogP) is 3.27. The number of nitrogen functional groups attached to an aromatic ring is 1. The zero-order valence-electron chi connectivity index (χ0n) is 15.4. The highest BCUT2D eigenvalue weighted by molar-refractivity contribution is 7.99. The number of nitrogens with one attached hydrogen (secondary N) is 2. The zero-order valence-corrected chi connectivity index (χ0v) is 16.2. The van der Waals surface area contributed by atoms with Gasteiger partial charge in [-0.05, 0) is 37.1 Å². The molecular weight excluding hydrogens is 358 g/mol. The Morgan fingerprint density at radius 3 is 2.85 bits per heavy atom. The highest BCUT2D eigenvalue weighted by Gasteiger charge is 2.25. The van der Waals surface area contributed by atoms with Crippen LogP contribution in [0.3, 0.4) is 0 Å². The van der Waals surface area contributed by atoms with Crippen molar-refractivity contribution in [2.24, 2.45) is 5.73 Å². The molecule has 142 valence electrons. The number of carbonyl (C=O) groups is 1. The minimum absolute atomic E-state index is 0.0565. The van der Waals surface area contributed by atoms with Crippen molar-refractivity contribution >= 4 is 23.5 Å². The summed E-state index contributed by atoms with van der Waals surface area (Å²) in [4.78, 5) is 12.3. The third-order valence-corrected chi connectivity index (χ3v) is 5.92.